The summed E-state index contributed by atoms with van der Waals surface area (Å²) in [6, 6.07) is 17.4. The number of hydrogen-bond acceptors (Lipinski definition) is 6. The Morgan fingerprint density at radius 3 is 2.48 bits per heavy atom. The Morgan fingerprint density at radius 1 is 1.09 bits per heavy atom. The van der Waals surface area contributed by atoms with E-state index in [4.69, 9.17) is 25.5 Å². The van der Waals surface area contributed by atoms with Gasteiger partial charge < -0.3 is 18.8 Å². The van der Waals surface area contributed by atoms with E-state index in [2.05, 4.69) is 0 Å². The molecule has 33 heavy (non-hydrogen) atoms. The first-order chi connectivity index (χ1) is 15.8. The van der Waals surface area contributed by atoms with Crippen molar-refractivity contribution in [3.8, 4) is 22.8 Å². The van der Waals surface area contributed by atoms with Crippen LogP contribution in [0.2, 0.25) is 5.02 Å². The van der Waals surface area contributed by atoms with Gasteiger partial charge in [0, 0.05) is 16.6 Å². The summed E-state index contributed by atoms with van der Waals surface area (Å²) in [4.78, 5) is 14.7. The number of sulfone groups is 1. The summed E-state index contributed by atoms with van der Waals surface area (Å²) in [5.41, 5.74) is 0.853. The molecule has 1 aliphatic rings. The number of para-hydroxylation sites is 2. The fourth-order valence-electron chi connectivity index (χ4n) is 3.80. The highest BCUT2D eigenvalue weighted by Crippen LogP contribution is 2.28. The molecule has 0 saturated carbocycles. The molecule has 174 valence electrons. The lowest BCUT2D eigenvalue weighted by molar-refractivity contribution is -0.136. The van der Waals surface area contributed by atoms with E-state index in [0.717, 1.165) is 5.56 Å². The highest BCUT2D eigenvalue weighted by molar-refractivity contribution is 7.91. The maximum atomic E-state index is 13.1. The van der Waals surface area contributed by atoms with E-state index < -0.39 is 15.9 Å². The molecule has 7 nitrogen and oxygen atoms in total. The van der Waals surface area contributed by atoms with Gasteiger partial charge in [-0.25, -0.2) is 8.42 Å². The second-order valence-corrected chi connectivity index (χ2v) is 10.5. The third kappa shape index (κ3) is 5.69. The fourth-order valence-corrected chi connectivity index (χ4v) is 5.66. The van der Waals surface area contributed by atoms with Gasteiger partial charge in [-0.1, -0.05) is 23.7 Å². The molecule has 1 atom stereocenters. The lowest BCUT2D eigenvalue weighted by atomic mass is 10.2. The van der Waals surface area contributed by atoms with Crippen LogP contribution in [0, 0.1) is 0 Å². The maximum Gasteiger partial charge on any atom is 0.261 e. The molecule has 9 heteroatoms. The van der Waals surface area contributed by atoms with Crippen molar-refractivity contribution in [2.45, 2.75) is 19.0 Å². The zero-order chi connectivity index (χ0) is 23.4. The number of hydrogen-bond donors (Lipinski definition) is 0. The zero-order valence-electron chi connectivity index (χ0n) is 18.1. The van der Waals surface area contributed by atoms with Gasteiger partial charge >= 0.3 is 0 Å². The van der Waals surface area contributed by atoms with Crippen molar-refractivity contribution in [2.75, 3.05) is 25.2 Å². The van der Waals surface area contributed by atoms with Crippen molar-refractivity contribution in [3.63, 3.8) is 0 Å². The standard InChI is InChI=1S/C24H24ClNO6S/c1-30-22-4-2-3-5-23(22)31-15-24(27)26(19-12-13-33(28,29)16-19)14-20-10-11-21(32-20)17-6-8-18(25)9-7-17/h2-11,19H,12-16H2,1H3/t19-/m1/s1. The molecule has 2 aromatic carbocycles. The van der Waals surface area contributed by atoms with Crippen molar-refractivity contribution >= 4 is 27.3 Å². The normalized spacial score (nSPS) is 17.0. The van der Waals surface area contributed by atoms with Gasteiger partial charge in [0.1, 0.15) is 11.5 Å². The van der Waals surface area contributed by atoms with Crippen LogP contribution in [0.3, 0.4) is 0 Å². The molecule has 0 aliphatic carbocycles. The Balaban J connectivity index is 1.51. The quantitative estimate of drug-likeness (QED) is 0.471. The molecule has 0 radical (unpaired) electrons. The smallest absolute Gasteiger partial charge is 0.261 e. The van der Waals surface area contributed by atoms with Crippen LogP contribution < -0.4 is 9.47 Å². The monoisotopic (exact) mass is 489 g/mol. The Kier molecular flexibility index (Phi) is 6.95. The Hall–Kier alpha value is -2.97. The van der Waals surface area contributed by atoms with Crippen molar-refractivity contribution in [3.05, 3.63) is 71.4 Å². The SMILES string of the molecule is COc1ccccc1OCC(=O)N(Cc1ccc(-c2ccc(Cl)cc2)o1)[C@@H]1CCS(=O)(=O)C1. The van der Waals surface area contributed by atoms with Gasteiger partial charge in [-0.15, -0.1) is 0 Å². The lowest BCUT2D eigenvalue weighted by Crippen LogP contribution is -2.43. The summed E-state index contributed by atoms with van der Waals surface area (Å²) in [6.45, 7) is -0.108. The van der Waals surface area contributed by atoms with Crippen molar-refractivity contribution in [1.29, 1.82) is 0 Å². The molecule has 1 aromatic heterocycles. The first-order valence-electron chi connectivity index (χ1n) is 10.4. The Labute approximate surface area is 197 Å². The van der Waals surface area contributed by atoms with Crippen molar-refractivity contribution < 1.29 is 27.1 Å². The van der Waals surface area contributed by atoms with Crippen molar-refractivity contribution in [2.24, 2.45) is 0 Å². The summed E-state index contributed by atoms with van der Waals surface area (Å²) in [7, 11) is -1.66. The minimum atomic E-state index is -3.18. The van der Waals surface area contributed by atoms with Gasteiger partial charge in [0.25, 0.3) is 5.91 Å². The molecule has 2 heterocycles. The number of benzene rings is 2. The highest BCUT2D eigenvalue weighted by atomic mass is 35.5. The maximum absolute atomic E-state index is 13.1. The molecule has 1 fully saturated rings. The molecular formula is C24H24ClNO6S. The molecule has 0 bridgehead atoms. The molecule has 3 aromatic rings. The minimum Gasteiger partial charge on any atom is -0.493 e. The van der Waals surface area contributed by atoms with E-state index in [-0.39, 0.29) is 30.6 Å². The third-order valence-electron chi connectivity index (χ3n) is 5.51. The second-order valence-electron chi connectivity index (χ2n) is 7.79. The summed E-state index contributed by atoms with van der Waals surface area (Å²) >= 11 is 5.95. The third-order valence-corrected chi connectivity index (χ3v) is 7.51. The predicted molar refractivity (Wildman–Crippen MR) is 125 cm³/mol. The number of nitrogens with zero attached hydrogens (tertiary/aromatic N) is 1. The first kappa shape index (κ1) is 23.2. The number of carbonyl (C=O) groups is 1. The van der Waals surface area contributed by atoms with E-state index in [0.29, 0.717) is 34.5 Å². The first-order valence-corrected chi connectivity index (χ1v) is 12.6. The van der Waals surface area contributed by atoms with Crippen LogP contribution in [0.1, 0.15) is 12.2 Å². The summed E-state index contributed by atoms with van der Waals surface area (Å²) in [6.07, 6.45) is 0.382. The second kappa shape index (κ2) is 9.89. The molecule has 0 N–H and O–H groups in total. The zero-order valence-corrected chi connectivity index (χ0v) is 19.6. The molecule has 1 saturated heterocycles. The molecule has 1 amide bonds. The number of ether oxygens (including phenoxy) is 2. The summed E-state index contributed by atoms with van der Waals surface area (Å²) < 4.78 is 41.1. The topological polar surface area (TPSA) is 86.1 Å². The average molecular weight is 490 g/mol. The van der Waals surface area contributed by atoms with E-state index in [9.17, 15) is 13.2 Å². The van der Waals surface area contributed by atoms with E-state index in [1.807, 2.05) is 18.2 Å². The fraction of sp³-hybridized carbons (Fsp3) is 0.292. The minimum absolute atomic E-state index is 0.0585. The lowest BCUT2D eigenvalue weighted by Gasteiger charge is -2.27. The number of furan rings is 1. The van der Waals surface area contributed by atoms with Gasteiger partial charge in [-0.05, 0) is 55.0 Å². The van der Waals surface area contributed by atoms with Crippen LogP contribution in [-0.4, -0.2) is 50.5 Å². The average Bonchev–Trinajstić information content (AvgIpc) is 3.42. The van der Waals surface area contributed by atoms with Crippen molar-refractivity contribution in [1.82, 2.24) is 4.90 Å². The van der Waals surface area contributed by atoms with Gasteiger partial charge in [-0.2, -0.15) is 0 Å². The molecular weight excluding hydrogens is 466 g/mol. The number of rotatable bonds is 8. The Morgan fingerprint density at radius 2 is 1.82 bits per heavy atom. The Bertz CT molecular complexity index is 1220. The van der Waals surface area contributed by atoms with Crippen LogP contribution in [0.4, 0.5) is 0 Å². The summed E-state index contributed by atoms with van der Waals surface area (Å²) in [5, 5.41) is 0.625. The predicted octanol–water partition coefficient (Wildman–Crippen LogP) is 4.20. The van der Waals surface area contributed by atoms with Gasteiger partial charge in [0.2, 0.25) is 0 Å². The largest absolute Gasteiger partial charge is 0.493 e. The van der Waals surface area contributed by atoms with Crippen LogP contribution in [-0.2, 0) is 21.2 Å². The highest BCUT2D eigenvalue weighted by Gasteiger charge is 2.35. The van der Waals surface area contributed by atoms with Crippen LogP contribution in [0.5, 0.6) is 11.5 Å². The molecule has 1 aliphatic heterocycles. The van der Waals surface area contributed by atoms with Gasteiger partial charge in [-0.3, -0.25) is 4.79 Å². The van der Waals surface area contributed by atoms with E-state index in [1.165, 1.54) is 12.0 Å². The summed E-state index contributed by atoms with van der Waals surface area (Å²) in [5.74, 6) is 1.80. The molecule has 0 unspecified atom stereocenters. The van der Waals surface area contributed by atoms with E-state index in [1.54, 1.807) is 42.5 Å². The molecule has 0 spiro atoms. The molecule has 4 rings (SSSR count). The number of halogens is 1. The van der Waals surface area contributed by atoms with Gasteiger partial charge in [0.15, 0.2) is 27.9 Å². The van der Waals surface area contributed by atoms with Crippen LogP contribution in [0.15, 0.2) is 65.1 Å². The number of amides is 1. The van der Waals surface area contributed by atoms with Gasteiger partial charge in [0.05, 0.1) is 25.2 Å². The van der Waals surface area contributed by atoms with Crippen LogP contribution >= 0.6 is 11.6 Å². The van der Waals surface area contributed by atoms with E-state index >= 15 is 0 Å². The number of carbonyl (C=O) groups excluding carboxylic acids is 1. The van der Waals surface area contributed by atoms with Crippen LogP contribution in [0.25, 0.3) is 11.3 Å². The number of methoxy groups -OCH3 is 1.